The summed E-state index contributed by atoms with van der Waals surface area (Å²) in [7, 11) is 2.25. The minimum atomic E-state index is -1.56. The largest absolute Gasteiger partial charge is 0.454 e. The molecule has 1 aliphatic heterocycles. The first-order valence-corrected chi connectivity index (χ1v) is 12.6. The van der Waals surface area contributed by atoms with E-state index >= 15 is 0 Å². The van der Waals surface area contributed by atoms with Gasteiger partial charge >= 0.3 is 5.97 Å². The van der Waals surface area contributed by atoms with Gasteiger partial charge in [0.2, 0.25) is 0 Å². The maximum absolute atomic E-state index is 13.5. The molecule has 2 heterocycles. The lowest BCUT2D eigenvalue weighted by atomic mass is 9.73. The molecular formula is C27H38N3O3+. The molecule has 178 valence electrons. The maximum Gasteiger partial charge on any atom is 0.343 e. The standard InChI is InChI=1S/C27H38N3O3/c1-30(18-8-14-24-20-28-16-17-29-24)19-9-15-25(21-30)33-26(31)27(32,22-10-4-2-5-11-22)23-12-6-3-7-13-23/h2,4-5,10-11,16-17,20,23,25,32H,3,6-9,12-15,18-19,21H2,1H3/q+1/t25?,27?,30-/m1/s1. The van der Waals surface area contributed by atoms with Crippen LogP contribution in [0.15, 0.2) is 48.9 Å². The van der Waals surface area contributed by atoms with Gasteiger partial charge in [0, 0.05) is 37.4 Å². The van der Waals surface area contributed by atoms with E-state index in [9.17, 15) is 9.90 Å². The van der Waals surface area contributed by atoms with Crippen LogP contribution in [0.25, 0.3) is 0 Å². The van der Waals surface area contributed by atoms with Gasteiger partial charge in [-0.1, -0.05) is 49.6 Å². The fourth-order valence-electron chi connectivity index (χ4n) is 5.75. The van der Waals surface area contributed by atoms with Crippen molar-refractivity contribution in [1.82, 2.24) is 9.97 Å². The summed E-state index contributed by atoms with van der Waals surface area (Å²) in [5.74, 6) is -0.545. The molecule has 0 spiro atoms. The van der Waals surface area contributed by atoms with Crippen molar-refractivity contribution in [3.63, 3.8) is 0 Å². The van der Waals surface area contributed by atoms with Crippen molar-refractivity contribution in [3.05, 3.63) is 60.2 Å². The third kappa shape index (κ3) is 5.79. The Bertz CT molecular complexity index is 888. The SMILES string of the molecule is C[N@@+]1(CCCc2cnccn2)CCCC(OC(=O)C(O)(c2ccccc2)C2CCCCC2)C1. The molecule has 1 saturated heterocycles. The van der Waals surface area contributed by atoms with Crippen molar-refractivity contribution in [1.29, 1.82) is 0 Å². The van der Waals surface area contributed by atoms with E-state index in [1.165, 1.54) is 6.42 Å². The molecule has 1 aromatic heterocycles. The quantitative estimate of drug-likeness (QED) is 0.484. The number of aromatic nitrogens is 2. The number of piperidine rings is 1. The zero-order valence-corrected chi connectivity index (χ0v) is 19.9. The van der Waals surface area contributed by atoms with Gasteiger partial charge in [-0.2, -0.15) is 0 Å². The lowest BCUT2D eigenvalue weighted by molar-refractivity contribution is -0.917. The molecule has 0 bridgehead atoms. The van der Waals surface area contributed by atoms with Gasteiger partial charge in [0.1, 0.15) is 6.54 Å². The van der Waals surface area contributed by atoms with Crippen LogP contribution >= 0.6 is 0 Å². The Balaban J connectivity index is 1.41. The van der Waals surface area contributed by atoms with Crippen LogP contribution in [-0.4, -0.2) is 58.3 Å². The fraction of sp³-hybridized carbons (Fsp3) is 0.593. The van der Waals surface area contributed by atoms with Crippen molar-refractivity contribution in [2.45, 2.75) is 69.5 Å². The van der Waals surface area contributed by atoms with Crippen LogP contribution in [0.2, 0.25) is 0 Å². The number of aliphatic hydroxyl groups is 1. The Hall–Kier alpha value is -2.31. The van der Waals surface area contributed by atoms with E-state index in [2.05, 4.69) is 17.0 Å². The minimum Gasteiger partial charge on any atom is -0.454 e. The number of carbonyl (C=O) groups excluding carboxylic acids is 1. The van der Waals surface area contributed by atoms with Gasteiger partial charge in [0.15, 0.2) is 11.7 Å². The monoisotopic (exact) mass is 452 g/mol. The van der Waals surface area contributed by atoms with Crippen LogP contribution in [0.4, 0.5) is 0 Å². The van der Waals surface area contributed by atoms with Crippen LogP contribution < -0.4 is 0 Å². The van der Waals surface area contributed by atoms with Gasteiger partial charge in [-0.25, -0.2) is 4.79 Å². The molecule has 2 aliphatic rings. The van der Waals surface area contributed by atoms with Gasteiger partial charge in [0.05, 0.1) is 25.8 Å². The highest BCUT2D eigenvalue weighted by molar-refractivity contribution is 5.81. The first kappa shape index (κ1) is 23.8. The van der Waals surface area contributed by atoms with Crippen LogP contribution in [0, 0.1) is 5.92 Å². The Labute approximate surface area is 197 Å². The fourth-order valence-corrected chi connectivity index (χ4v) is 5.75. The average Bonchev–Trinajstić information content (AvgIpc) is 2.85. The van der Waals surface area contributed by atoms with Gasteiger partial charge in [-0.15, -0.1) is 0 Å². The summed E-state index contributed by atoms with van der Waals surface area (Å²) in [5, 5.41) is 11.8. The molecular weight excluding hydrogens is 414 g/mol. The second-order valence-corrected chi connectivity index (χ2v) is 10.2. The Morgan fingerprint density at radius 1 is 1.12 bits per heavy atom. The van der Waals surface area contributed by atoms with E-state index in [4.69, 9.17) is 4.74 Å². The molecule has 1 aliphatic carbocycles. The molecule has 0 radical (unpaired) electrons. The molecule has 2 fully saturated rings. The first-order valence-electron chi connectivity index (χ1n) is 12.6. The summed E-state index contributed by atoms with van der Waals surface area (Å²) >= 11 is 0. The number of nitrogens with zero attached hydrogens (tertiary/aromatic N) is 3. The van der Waals surface area contributed by atoms with Crippen molar-refractivity contribution in [2.75, 3.05) is 26.7 Å². The van der Waals surface area contributed by atoms with E-state index in [0.717, 1.165) is 81.2 Å². The highest BCUT2D eigenvalue weighted by Gasteiger charge is 2.48. The summed E-state index contributed by atoms with van der Waals surface area (Å²) in [5.41, 5.74) is 0.123. The van der Waals surface area contributed by atoms with Gasteiger partial charge < -0.3 is 14.3 Å². The predicted octanol–water partition coefficient (Wildman–Crippen LogP) is 4.03. The highest BCUT2D eigenvalue weighted by Crippen LogP contribution is 2.41. The van der Waals surface area contributed by atoms with Crippen molar-refractivity contribution >= 4 is 5.97 Å². The number of carbonyl (C=O) groups is 1. The lowest BCUT2D eigenvalue weighted by Gasteiger charge is -2.42. The third-order valence-electron chi connectivity index (χ3n) is 7.61. The zero-order chi connectivity index (χ0) is 23.2. The van der Waals surface area contributed by atoms with Crippen molar-refractivity contribution in [3.8, 4) is 0 Å². The normalized spacial score (nSPS) is 25.8. The molecule has 2 aromatic rings. The van der Waals surface area contributed by atoms with Crippen molar-refractivity contribution in [2.24, 2.45) is 5.92 Å². The summed E-state index contributed by atoms with van der Waals surface area (Å²) < 4.78 is 6.98. The number of likely N-dealkylation sites (tertiary alicyclic amines) is 1. The number of hydrogen-bond acceptors (Lipinski definition) is 5. The number of benzene rings is 1. The lowest BCUT2D eigenvalue weighted by Crippen LogP contribution is -2.55. The molecule has 33 heavy (non-hydrogen) atoms. The van der Waals surface area contributed by atoms with Crippen LogP contribution in [0.5, 0.6) is 0 Å². The number of hydrogen-bond donors (Lipinski definition) is 1. The average molecular weight is 453 g/mol. The first-order chi connectivity index (χ1) is 16.0. The Kier molecular flexibility index (Phi) is 7.76. The molecule has 1 saturated carbocycles. The number of rotatable bonds is 8. The van der Waals surface area contributed by atoms with Gasteiger partial charge in [-0.3, -0.25) is 9.97 Å². The number of ether oxygens (including phenoxy) is 1. The summed E-state index contributed by atoms with van der Waals surface area (Å²) in [6, 6.07) is 9.43. The number of quaternary nitrogens is 1. The molecule has 2 unspecified atom stereocenters. The molecule has 0 amide bonds. The topological polar surface area (TPSA) is 72.3 Å². The second kappa shape index (κ2) is 10.7. The van der Waals surface area contributed by atoms with Crippen LogP contribution in [-0.2, 0) is 21.6 Å². The second-order valence-electron chi connectivity index (χ2n) is 10.2. The number of aryl methyl sites for hydroxylation is 1. The minimum absolute atomic E-state index is 0.0856. The zero-order valence-electron chi connectivity index (χ0n) is 19.9. The van der Waals surface area contributed by atoms with E-state index < -0.39 is 11.6 Å². The van der Waals surface area contributed by atoms with Crippen molar-refractivity contribution < 1.29 is 19.1 Å². The Morgan fingerprint density at radius 2 is 1.91 bits per heavy atom. The third-order valence-corrected chi connectivity index (χ3v) is 7.61. The maximum atomic E-state index is 13.5. The summed E-state index contributed by atoms with van der Waals surface area (Å²) in [6.07, 6.45) is 13.9. The molecule has 1 aromatic carbocycles. The highest BCUT2D eigenvalue weighted by atomic mass is 16.6. The predicted molar refractivity (Wildman–Crippen MR) is 127 cm³/mol. The summed E-state index contributed by atoms with van der Waals surface area (Å²) in [6.45, 7) is 2.89. The molecule has 1 N–H and O–H groups in total. The van der Waals surface area contributed by atoms with Gasteiger partial charge in [0.25, 0.3) is 0 Å². The van der Waals surface area contributed by atoms with E-state index in [1.54, 1.807) is 12.4 Å². The number of esters is 1. The van der Waals surface area contributed by atoms with E-state index in [-0.39, 0.29) is 12.0 Å². The summed E-state index contributed by atoms with van der Waals surface area (Å²) in [4.78, 5) is 22.1. The molecule has 3 atom stereocenters. The van der Waals surface area contributed by atoms with E-state index in [0.29, 0.717) is 5.56 Å². The van der Waals surface area contributed by atoms with E-state index in [1.807, 2.05) is 36.5 Å². The van der Waals surface area contributed by atoms with Crippen LogP contribution in [0.3, 0.4) is 0 Å². The molecule has 4 rings (SSSR count). The molecule has 6 nitrogen and oxygen atoms in total. The number of likely N-dealkylation sites (N-methyl/N-ethyl adjacent to an activating group) is 1. The van der Waals surface area contributed by atoms with Crippen LogP contribution in [0.1, 0.15) is 62.6 Å². The van der Waals surface area contributed by atoms with Gasteiger partial charge in [-0.05, 0) is 31.2 Å². The Morgan fingerprint density at radius 3 is 2.64 bits per heavy atom. The molecule has 6 heteroatoms. The smallest absolute Gasteiger partial charge is 0.343 e.